The van der Waals surface area contributed by atoms with E-state index in [0.29, 0.717) is 21.8 Å². The highest BCUT2D eigenvalue weighted by atomic mass is 35.5. The summed E-state index contributed by atoms with van der Waals surface area (Å²) >= 11 is 7.45. The third kappa shape index (κ3) is 5.47. The minimum atomic E-state index is -0.407. The van der Waals surface area contributed by atoms with Crippen molar-refractivity contribution >= 4 is 35.1 Å². The maximum atomic E-state index is 12.6. The van der Waals surface area contributed by atoms with Crippen molar-refractivity contribution in [2.45, 2.75) is 50.1 Å². The second kappa shape index (κ2) is 9.84. The van der Waals surface area contributed by atoms with E-state index in [1.807, 2.05) is 35.8 Å². The number of halogens is 1. The molecule has 1 saturated heterocycles. The molecule has 0 aliphatic carbocycles. The number of hydrogen-bond donors (Lipinski definition) is 1. The van der Waals surface area contributed by atoms with E-state index in [9.17, 15) is 4.79 Å². The number of piperidine rings is 1. The molecule has 8 nitrogen and oxygen atoms in total. The maximum absolute atomic E-state index is 12.6. The second-order valence-electron chi connectivity index (χ2n) is 7.62. The molecule has 3 heterocycles. The monoisotopic (exact) mass is 460 g/mol. The van der Waals surface area contributed by atoms with Crippen LogP contribution < -0.4 is 5.32 Å². The fraction of sp³-hybridized carbons (Fsp3) is 0.429. The molecule has 2 aromatic heterocycles. The van der Waals surface area contributed by atoms with Gasteiger partial charge in [0.2, 0.25) is 5.91 Å². The van der Waals surface area contributed by atoms with Gasteiger partial charge in [-0.1, -0.05) is 34.9 Å². The average molecular weight is 461 g/mol. The van der Waals surface area contributed by atoms with Gasteiger partial charge in [0.15, 0.2) is 16.8 Å². The third-order valence-electron chi connectivity index (χ3n) is 5.13. The third-order valence-corrected chi connectivity index (χ3v) is 6.42. The number of aryl methyl sites for hydroxylation is 1. The lowest BCUT2D eigenvalue weighted by molar-refractivity contribution is -0.115. The molecule has 1 aromatic carbocycles. The molecule has 1 atom stereocenters. The Labute approximate surface area is 190 Å². The van der Waals surface area contributed by atoms with Crippen molar-refractivity contribution in [3.63, 3.8) is 0 Å². The zero-order valence-electron chi connectivity index (χ0n) is 17.5. The van der Waals surface area contributed by atoms with E-state index in [1.165, 1.54) is 31.0 Å². The lowest BCUT2D eigenvalue weighted by atomic mass is 10.1. The van der Waals surface area contributed by atoms with Crippen molar-refractivity contribution in [2.24, 2.45) is 0 Å². The highest BCUT2D eigenvalue weighted by Crippen LogP contribution is 2.28. The molecule has 0 radical (unpaired) electrons. The summed E-state index contributed by atoms with van der Waals surface area (Å²) in [5.41, 5.74) is 0.920. The average Bonchev–Trinajstić information content (AvgIpc) is 3.35. The number of carbonyl (C=O) groups excluding carboxylic acids is 1. The molecule has 4 rings (SSSR count). The number of anilines is 1. The van der Waals surface area contributed by atoms with Gasteiger partial charge in [0.25, 0.3) is 0 Å². The molecule has 3 aromatic rings. The fourth-order valence-corrected chi connectivity index (χ4v) is 4.52. The lowest BCUT2D eigenvalue weighted by Gasteiger charge is -2.26. The van der Waals surface area contributed by atoms with Crippen LogP contribution in [0.4, 0.5) is 5.82 Å². The van der Waals surface area contributed by atoms with E-state index >= 15 is 0 Å². The van der Waals surface area contributed by atoms with Crippen molar-refractivity contribution < 1.29 is 9.32 Å². The van der Waals surface area contributed by atoms with Crippen LogP contribution in [0.1, 0.15) is 37.8 Å². The normalized spacial score (nSPS) is 15.7. The zero-order chi connectivity index (χ0) is 21.8. The molecule has 31 heavy (non-hydrogen) atoms. The van der Waals surface area contributed by atoms with Crippen LogP contribution >= 0.6 is 23.4 Å². The Balaban J connectivity index is 1.55. The van der Waals surface area contributed by atoms with Gasteiger partial charge in [-0.2, -0.15) is 0 Å². The molecule has 164 valence electrons. The SMILES string of the molecule is Cc1cc(NC(=O)C(C)Sc2nnc(CN3CCCCC3)n2-c2ccc(Cl)cc2)no1. The van der Waals surface area contributed by atoms with Crippen molar-refractivity contribution in [1.82, 2.24) is 24.8 Å². The van der Waals surface area contributed by atoms with E-state index < -0.39 is 5.25 Å². The summed E-state index contributed by atoms with van der Waals surface area (Å²) in [5.74, 6) is 1.72. The molecule has 0 bridgehead atoms. The number of thioether (sulfide) groups is 1. The predicted molar refractivity (Wildman–Crippen MR) is 121 cm³/mol. The number of amides is 1. The van der Waals surface area contributed by atoms with Gasteiger partial charge in [0.1, 0.15) is 5.76 Å². The Bertz CT molecular complexity index is 1030. The van der Waals surface area contributed by atoms with Gasteiger partial charge >= 0.3 is 0 Å². The van der Waals surface area contributed by atoms with Gasteiger partial charge in [-0.25, -0.2) is 0 Å². The summed E-state index contributed by atoms with van der Waals surface area (Å²) in [6, 6.07) is 9.26. The maximum Gasteiger partial charge on any atom is 0.238 e. The molecule has 1 aliphatic rings. The molecule has 1 fully saturated rings. The van der Waals surface area contributed by atoms with Crippen LogP contribution in [-0.4, -0.2) is 49.1 Å². The quantitative estimate of drug-likeness (QED) is 0.525. The van der Waals surface area contributed by atoms with Crippen LogP contribution in [0, 0.1) is 6.92 Å². The summed E-state index contributed by atoms with van der Waals surface area (Å²) < 4.78 is 7.03. The minimum Gasteiger partial charge on any atom is -0.360 e. The molecule has 0 spiro atoms. The summed E-state index contributed by atoms with van der Waals surface area (Å²) in [6.45, 7) is 6.45. The summed E-state index contributed by atoms with van der Waals surface area (Å²) in [7, 11) is 0. The number of carbonyl (C=O) groups is 1. The first kappa shape index (κ1) is 21.9. The van der Waals surface area contributed by atoms with Crippen LogP contribution in [0.25, 0.3) is 5.69 Å². The molecule has 0 saturated carbocycles. The van der Waals surface area contributed by atoms with E-state index in [0.717, 1.165) is 31.1 Å². The Morgan fingerprint density at radius 1 is 1.23 bits per heavy atom. The Kier molecular flexibility index (Phi) is 6.94. The minimum absolute atomic E-state index is 0.179. The number of likely N-dealkylation sites (tertiary alicyclic amines) is 1. The lowest BCUT2D eigenvalue weighted by Crippen LogP contribution is -2.30. The summed E-state index contributed by atoms with van der Waals surface area (Å²) in [6.07, 6.45) is 3.68. The van der Waals surface area contributed by atoms with Gasteiger partial charge < -0.3 is 9.84 Å². The summed E-state index contributed by atoms with van der Waals surface area (Å²) in [5, 5.41) is 16.4. The number of benzene rings is 1. The van der Waals surface area contributed by atoms with Gasteiger partial charge in [0, 0.05) is 16.8 Å². The van der Waals surface area contributed by atoms with Crippen LogP contribution in [-0.2, 0) is 11.3 Å². The first-order valence-electron chi connectivity index (χ1n) is 10.3. The highest BCUT2D eigenvalue weighted by molar-refractivity contribution is 8.00. The number of nitrogens with one attached hydrogen (secondary N) is 1. The van der Waals surface area contributed by atoms with Crippen molar-refractivity contribution in [3.05, 3.63) is 46.9 Å². The topological polar surface area (TPSA) is 89.1 Å². The second-order valence-corrected chi connectivity index (χ2v) is 9.36. The van der Waals surface area contributed by atoms with Gasteiger partial charge in [0.05, 0.1) is 11.8 Å². The first-order chi connectivity index (χ1) is 15.0. The highest BCUT2D eigenvalue weighted by Gasteiger charge is 2.23. The van der Waals surface area contributed by atoms with E-state index in [1.54, 1.807) is 13.0 Å². The number of aromatic nitrogens is 4. The molecular formula is C21H25ClN6O2S. The van der Waals surface area contributed by atoms with Gasteiger partial charge in [-0.15, -0.1) is 10.2 Å². The van der Waals surface area contributed by atoms with E-state index in [2.05, 4.69) is 25.6 Å². The Morgan fingerprint density at radius 2 is 1.97 bits per heavy atom. The number of hydrogen-bond acceptors (Lipinski definition) is 7. The molecule has 1 N–H and O–H groups in total. The smallest absolute Gasteiger partial charge is 0.238 e. The fourth-order valence-electron chi connectivity index (χ4n) is 3.51. The Hall–Kier alpha value is -2.36. The molecular weight excluding hydrogens is 436 g/mol. The first-order valence-corrected chi connectivity index (χ1v) is 11.6. The van der Waals surface area contributed by atoms with Crippen LogP contribution in [0.3, 0.4) is 0 Å². The number of nitrogens with zero attached hydrogens (tertiary/aromatic N) is 5. The van der Waals surface area contributed by atoms with E-state index in [-0.39, 0.29) is 5.91 Å². The van der Waals surface area contributed by atoms with Crippen molar-refractivity contribution in [2.75, 3.05) is 18.4 Å². The number of rotatable bonds is 7. The predicted octanol–water partition coefficient (Wildman–Crippen LogP) is 4.32. The molecule has 1 amide bonds. The van der Waals surface area contributed by atoms with Gasteiger partial charge in [-0.05, 0) is 64.0 Å². The van der Waals surface area contributed by atoms with Gasteiger partial charge in [-0.3, -0.25) is 14.3 Å². The summed E-state index contributed by atoms with van der Waals surface area (Å²) in [4.78, 5) is 15.0. The van der Waals surface area contributed by atoms with E-state index in [4.69, 9.17) is 16.1 Å². The standard InChI is InChI=1S/C21H25ClN6O2S/c1-14-12-18(26-30-14)23-20(29)15(2)31-21-25-24-19(13-27-10-4-3-5-11-27)28(21)17-8-6-16(22)7-9-17/h6-9,12,15H,3-5,10-11,13H2,1-2H3,(H,23,26,29). The van der Waals surface area contributed by atoms with Crippen LogP contribution in [0.2, 0.25) is 5.02 Å². The van der Waals surface area contributed by atoms with Crippen molar-refractivity contribution in [1.29, 1.82) is 0 Å². The molecule has 1 aliphatic heterocycles. The largest absolute Gasteiger partial charge is 0.360 e. The molecule has 10 heteroatoms. The molecule has 1 unspecified atom stereocenters. The van der Waals surface area contributed by atoms with Crippen LogP contribution in [0.15, 0.2) is 40.0 Å². The van der Waals surface area contributed by atoms with Crippen molar-refractivity contribution in [3.8, 4) is 5.69 Å². The Morgan fingerprint density at radius 3 is 2.65 bits per heavy atom. The van der Waals surface area contributed by atoms with Crippen LogP contribution in [0.5, 0.6) is 0 Å². The zero-order valence-corrected chi connectivity index (χ0v) is 19.1.